The summed E-state index contributed by atoms with van der Waals surface area (Å²) in [7, 11) is 0. The van der Waals surface area contributed by atoms with E-state index in [-0.39, 0.29) is 0 Å². The monoisotopic (exact) mass is 313 g/mol. The van der Waals surface area contributed by atoms with E-state index in [2.05, 4.69) is 65.6 Å². The largest absolute Gasteiger partial charge is 0.264 e. The molecule has 1 fully saturated rings. The van der Waals surface area contributed by atoms with Crippen molar-refractivity contribution in [2.75, 3.05) is 0 Å². The Bertz CT molecular complexity index is 734. The van der Waals surface area contributed by atoms with Gasteiger partial charge in [-0.1, -0.05) is 60.7 Å². The van der Waals surface area contributed by atoms with Gasteiger partial charge in [0.15, 0.2) is 0 Å². The molecule has 0 spiro atoms. The van der Waals surface area contributed by atoms with E-state index in [1.807, 2.05) is 18.5 Å². The number of hydrogen-bond donors (Lipinski definition) is 0. The van der Waals surface area contributed by atoms with Crippen LogP contribution in [0.2, 0.25) is 0 Å². The van der Waals surface area contributed by atoms with Gasteiger partial charge in [0.25, 0.3) is 0 Å². The summed E-state index contributed by atoms with van der Waals surface area (Å²) in [5.41, 5.74) is 5.84. The standard InChI is InChI=1S/C23H23N/c1-2-7-18(8-3-1)15-21(16-19-9-6-14-24-17-19)23-11-5-4-10-22(23)20-12-13-20/h1-11,14,17,20-21H,12-13,15-16H2. The first-order chi connectivity index (χ1) is 11.9. The average Bonchev–Trinajstić information content (AvgIpc) is 3.48. The van der Waals surface area contributed by atoms with Gasteiger partial charge in [-0.15, -0.1) is 0 Å². The molecule has 1 heterocycles. The highest BCUT2D eigenvalue weighted by atomic mass is 14.6. The first-order valence-electron chi connectivity index (χ1n) is 8.92. The molecule has 0 radical (unpaired) electrons. The Morgan fingerprint density at radius 3 is 2.25 bits per heavy atom. The minimum absolute atomic E-state index is 0.508. The molecule has 1 unspecified atom stereocenters. The van der Waals surface area contributed by atoms with Crippen molar-refractivity contribution in [2.45, 2.75) is 37.5 Å². The van der Waals surface area contributed by atoms with Crippen molar-refractivity contribution in [3.05, 3.63) is 101 Å². The van der Waals surface area contributed by atoms with Crippen molar-refractivity contribution in [3.63, 3.8) is 0 Å². The van der Waals surface area contributed by atoms with Gasteiger partial charge >= 0.3 is 0 Å². The predicted octanol–water partition coefficient (Wildman–Crippen LogP) is 5.53. The summed E-state index contributed by atoms with van der Waals surface area (Å²) in [4.78, 5) is 4.31. The Kier molecular flexibility index (Phi) is 4.42. The van der Waals surface area contributed by atoms with Gasteiger partial charge < -0.3 is 0 Å². The van der Waals surface area contributed by atoms with Crippen LogP contribution >= 0.6 is 0 Å². The number of aromatic nitrogens is 1. The second-order valence-corrected chi connectivity index (χ2v) is 6.86. The fraction of sp³-hybridized carbons (Fsp3) is 0.261. The molecule has 0 saturated heterocycles. The Labute approximate surface area is 144 Å². The van der Waals surface area contributed by atoms with Crippen LogP contribution in [0.15, 0.2) is 79.1 Å². The van der Waals surface area contributed by atoms with E-state index in [1.165, 1.54) is 29.5 Å². The van der Waals surface area contributed by atoms with E-state index in [9.17, 15) is 0 Å². The van der Waals surface area contributed by atoms with E-state index >= 15 is 0 Å². The third-order valence-corrected chi connectivity index (χ3v) is 4.98. The molecule has 1 aromatic heterocycles. The zero-order valence-corrected chi connectivity index (χ0v) is 13.9. The van der Waals surface area contributed by atoms with Crippen LogP contribution < -0.4 is 0 Å². The fourth-order valence-corrected chi connectivity index (χ4v) is 3.64. The summed E-state index contributed by atoms with van der Waals surface area (Å²) in [6, 6.07) is 24.2. The molecule has 3 aromatic rings. The lowest BCUT2D eigenvalue weighted by Gasteiger charge is -2.21. The summed E-state index contributed by atoms with van der Waals surface area (Å²) in [5, 5.41) is 0. The summed E-state index contributed by atoms with van der Waals surface area (Å²) in [5.74, 6) is 1.29. The molecule has 1 aliphatic rings. The van der Waals surface area contributed by atoms with Gasteiger partial charge in [0, 0.05) is 12.4 Å². The highest BCUT2D eigenvalue weighted by Gasteiger charge is 2.28. The minimum Gasteiger partial charge on any atom is -0.264 e. The smallest absolute Gasteiger partial charge is 0.0300 e. The van der Waals surface area contributed by atoms with E-state index in [0.29, 0.717) is 5.92 Å². The lowest BCUT2D eigenvalue weighted by Crippen LogP contribution is -2.09. The molecule has 2 aromatic carbocycles. The summed E-state index contributed by atoms with van der Waals surface area (Å²) in [6.07, 6.45) is 8.70. The second kappa shape index (κ2) is 7.00. The molecule has 0 amide bonds. The van der Waals surface area contributed by atoms with Crippen molar-refractivity contribution in [2.24, 2.45) is 0 Å². The Hall–Kier alpha value is -2.41. The van der Waals surface area contributed by atoms with Crippen molar-refractivity contribution in [1.29, 1.82) is 0 Å². The Morgan fingerprint density at radius 2 is 1.50 bits per heavy atom. The molecular weight excluding hydrogens is 290 g/mol. The van der Waals surface area contributed by atoms with Crippen LogP contribution in [0.25, 0.3) is 0 Å². The molecule has 1 nitrogen and oxygen atoms in total. The summed E-state index contributed by atoms with van der Waals surface area (Å²) >= 11 is 0. The van der Waals surface area contributed by atoms with Crippen molar-refractivity contribution >= 4 is 0 Å². The van der Waals surface area contributed by atoms with Gasteiger partial charge in [-0.05, 0) is 65.8 Å². The van der Waals surface area contributed by atoms with Crippen LogP contribution in [0.4, 0.5) is 0 Å². The first kappa shape index (κ1) is 15.1. The third kappa shape index (κ3) is 3.56. The number of hydrogen-bond acceptors (Lipinski definition) is 1. The molecule has 1 saturated carbocycles. The zero-order valence-electron chi connectivity index (χ0n) is 13.9. The maximum absolute atomic E-state index is 4.31. The van der Waals surface area contributed by atoms with Gasteiger partial charge in [0.2, 0.25) is 0 Å². The molecule has 24 heavy (non-hydrogen) atoms. The van der Waals surface area contributed by atoms with Crippen LogP contribution in [0, 0.1) is 0 Å². The highest BCUT2D eigenvalue weighted by Crippen LogP contribution is 2.44. The van der Waals surface area contributed by atoms with Crippen molar-refractivity contribution < 1.29 is 0 Å². The maximum atomic E-state index is 4.31. The van der Waals surface area contributed by atoms with Gasteiger partial charge in [0.05, 0.1) is 0 Å². The van der Waals surface area contributed by atoms with Crippen LogP contribution in [-0.4, -0.2) is 4.98 Å². The number of nitrogens with zero attached hydrogens (tertiary/aromatic N) is 1. The third-order valence-electron chi connectivity index (χ3n) is 4.98. The summed E-state index contributed by atoms with van der Waals surface area (Å²) in [6.45, 7) is 0. The molecule has 0 N–H and O–H groups in total. The first-order valence-corrected chi connectivity index (χ1v) is 8.92. The molecule has 0 aliphatic heterocycles. The van der Waals surface area contributed by atoms with Gasteiger partial charge in [0.1, 0.15) is 0 Å². The fourth-order valence-electron chi connectivity index (χ4n) is 3.64. The van der Waals surface area contributed by atoms with E-state index < -0.39 is 0 Å². The van der Waals surface area contributed by atoms with Crippen LogP contribution in [-0.2, 0) is 12.8 Å². The molecule has 1 heteroatoms. The molecule has 1 atom stereocenters. The average molecular weight is 313 g/mol. The number of rotatable bonds is 6. The maximum Gasteiger partial charge on any atom is 0.0300 e. The quantitative estimate of drug-likeness (QED) is 0.583. The molecular formula is C23H23N. The molecule has 4 rings (SSSR count). The lowest BCUT2D eigenvalue weighted by atomic mass is 9.83. The van der Waals surface area contributed by atoms with E-state index in [0.717, 1.165) is 18.8 Å². The van der Waals surface area contributed by atoms with Gasteiger partial charge in [-0.2, -0.15) is 0 Å². The van der Waals surface area contributed by atoms with Crippen molar-refractivity contribution in [1.82, 2.24) is 4.98 Å². The van der Waals surface area contributed by atoms with Crippen LogP contribution in [0.5, 0.6) is 0 Å². The van der Waals surface area contributed by atoms with Crippen molar-refractivity contribution in [3.8, 4) is 0 Å². The number of pyridine rings is 1. The normalized spacial score (nSPS) is 15.2. The van der Waals surface area contributed by atoms with E-state index in [1.54, 1.807) is 5.56 Å². The Balaban J connectivity index is 1.67. The minimum atomic E-state index is 0.508. The van der Waals surface area contributed by atoms with E-state index in [4.69, 9.17) is 0 Å². The lowest BCUT2D eigenvalue weighted by molar-refractivity contribution is 0.670. The number of benzene rings is 2. The molecule has 1 aliphatic carbocycles. The van der Waals surface area contributed by atoms with Gasteiger partial charge in [-0.25, -0.2) is 0 Å². The van der Waals surface area contributed by atoms with Crippen LogP contribution in [0.3, 0.4) is 0 Å². The van der Waals surface area contributed by atoms with Gasteiger partial charge in [-0.3, -0.25) is 4.98 Å². The molecule has 0 bridgehead atoms. The topological polar surface area (TPSA) is 12.9 Å². The second-order valence-electron chi connectivity index (χ2n) is 6.86. The SMILES string of the molecule is c1ccc(CC(Cc2cccnc2)c2ccccc2C2CC2)cc1. The zero-order chi connectivity index (χ0) is 16.2. The Morgan fingerprint density at radius 1 is 0.792 bits per heavy atom. The predicted molar refractivity (Wildman–Crippen MR) is 99.2 cm³/mol. The van der Waals surface area contributed by atoms with Crippen LogP contribution in [0.1, 0.15) is 46.9 Å². The summed E-state index contributed by atoms with van der Waals surface area (Å²) < 4.78 is 0. The molecule has 120 valence electrons. The highest BCUT2D eigenvalue weighted by molar-refractivity contribution is 5.38.